The zero-order chi connectivity index (χ0) is 11.1. The predicted molar refractivity (Wildman–Crippen MR) is 76.3 cm³/mol. The standard InChI is InChI=1S/C14H17I/c1-3-8-12(9-4-2)14(15)13-10-6-5-7-11-13/h3-7,10-12,14H,1-2,8-9H2. The summed E-state index contributed by atoms with van der Waals surface area (Å²) < 4.78 is 0.541. The summed E-state index contributed by atoms with van der Waals surface area (Å²) in [7, 11) is 0. The van der Waals surface area contributed by atoms with Gasteiger partial charge in [-0.25, -0.2) is 0 Å². The number of alkyl halides is 1. The largest absolute Gasteiger partial charge is 0.103 e. The summed E-state index contributed by atoms with van der Waals surface area (Å²) >= 11 is 2.52. The average molecular weight is 312 g/mol. The van der Waals surface area contributed by atoms with Crippen LogP contribution in [-0.2, 0) is 0 Å². The lowest BCUT2D eigenvalue weighted by Gasteiger charge is -2.20. The van der Waals surface area contributed by atoms with Crippen LogP contribution in [0, 0.1) is 5.92 Å². The lowest BCUT2D eigenvalue weighted by atomic mass is 9.93. The summed E-state index contributed by atoms with van der Waals surface area (Å²) in [5.74, 6) is 0.614. The van der Waals surface area contributed by atoms with E-state index in [-0.39, 0.29) is 0 Å². The van der Waals surface area contributed by atoms with Gasteiger partial charge < -0.3 is 0 Å². The molecule has 1 unspecified atom stereocenters. The predicted octanol–water partition coefficient (Wildman–Crippen LogP) is 4.93. The molecule has 0 N–H and O–H groups in total. The van der Waals surface area contributed by atoms with Crippen molar-refractivity contribution in [2.45, 2.75) is 16.8 Å². The fourth-order valence-corrected chi connectivity index (χ4v) is 2.67. The van der Waals surface area contributed by atoms with Gasteiger partial charge in [-0.05, 0) is 24.3 Å². The van der Waals surface area contributed by atoms with Gasteiger partial charge in [-0.2, -0.15) is 0 Å². The zero-order valence-corrected chi connectivity index (χ0v) is 11.1. The summed E-state index contributed by atoms with van der Waals surface area (Å²) in [5, 5.41) is 0. The summed E-state index contributed by atoms with van der Waals surface area (Å²) in [6.07, 6.45) is 6.11. The third-order valence-electron chi connectivity index (χ3n) is 2.47. The van der Waals surface area contributed by atoms with E-state index in [1.54, 1.807) is 0 Å². The SMILES string of the molecule is C=CCC(CC=C)C(I)c1ccccc1. The van der Waals surface area contributed by atoms with Gasteiger partial charge in [0, 0.05) is 3.92 Å². The Labute approximate surface area is 106 Å². The van der Waals surface area contributed by atoms with E-state index in [0.717, 1.165) is 12.8 Å². The van der Waals surface area contributed by atoms with Crippen LogP contribution in [0.25, 0.3) is 0 Å². The number of benzene rings is 1. The maximum absolute atomic E-state index is 3.82. The van der Waals surface area contributed by atoms with Crippen molar-refractivity contribution in [2.24, 2.45) is 5.92 Å². The van der Waals surface area contributed by atoms with Crippen molar-refractivity contribution in [3.63, 3.8) is 0 Å². The quantitative estimate of drug-likeness (QED) is 0.397. The molecule has 0 fully saturated rings. The van der Waals surface area contributed by atoms with E-state index < -0.39 is 0 Å². The molecule has 15 heavy (non-hydrogen) atoms. The first-order valence-electron chi connectivity index (χ1n) is 5.20. The van der Waals surface area contributed by atoms with Crippen molar-refractivity contribution >= 4 is 22.6 Å². The minimum atomic E-state index is 0.541. The first kappa shape index (κ1) is 12.5. The number of allylic oxidation sites excluding steroid dienone is 2. The van der Waals surface area contributed by atoms with E-state index in [0.29, 0.717) is 9.84 Å². The lowest BCUT2D eigenvalue weighted by Crippen LogP contribution is -2.05. The van der Waals surface area contributed by atoms with Crippen molar-refractivity contribution in [2.75, 3.05) is 0 Å². The Morgan fingerprint density at radius 3 is 2.07 bits per heavy atom. The molecule has 0 saturated carbocycles. The molecule has 1 aromatic carbocycles. The fourth-order valence-electron chi connectivity index (χ4n) is 1.67. The Morgan fingerprint density at radius 2 is 1.60 bits per heavy atom. The van der Waals surface area contributed by atoms with Crippen LogP contribution in [0.15, 0.2) is 55.6 Å². The van der Waals surface area contributed by atoms with Crippen LogP contribution in [0.1, 0.15) is 22.3 Å². The molecule has 80 valence electrons. The number of hydrogen-bond acceptors (Lipinski definition) is 0. The lowest BCUT2D eigenvalue weighted by molar-refractivity contribution is 0.544. The monoisotopic (exact) mass is 312 g/mol. The molecule has 0 radical (unpaired) electrons. The molecule has 0 aliphatic carbocycles. The fraction of sp³-hybridized carbons (Fsp3) is 0.286. The topological polar surface area (TPSA) is 0 Å². The number of halogens is 1. The van der Waals surface area contributed by atoms with Crippen LogP contribution in [0.2, 0.25) is 0 Å². The summed E-state index contributed by atoms with van der Waals surface area (Å²) in [6.45, 7) is 7.64. The van der Waals surface area contributed by atoms with E-state index in [9.17, 15) is 0 Å². The second-order valence-corrected chi connectivity index (χ2v) is 4.96. The van der Waals surface area contributed by atoms with Crippen LogP contribution < -0.4 is 0 Å². The molecule has 0 bridgehead atoms. The molecular weight excluding hydrogens is 295 g/mol. The van der Waals surface area contributed by atoms with E-state index in [1.807, 2.05) is 12.2 Å². The highest BCUT2D eigenvalue weighted by Crippen LogP contribution is 2.35. The van der Waals surface area contributed by atoms with Crippen LogP contribution >= 0.6 is 22.6 Å². The summed E-state index contributed by atoms with van der Waals surface area (Å²) in [6, 6.07) is 10.6. The van der Waals surface area contributed by atoms with Gasteiger partial charge in [0.25, 0.3) is 0 Å². The molecule has 0 heterocycles. The van der Waals surface area contributed by atoms with Crippen molar-refractivity contribution in [3.05, 3.63) is 61.2 Å². The molecule has 0 amide bonds. The van der Waals surface area contributed by atoms with E-state index in [2.05, 4.69) is 66.1 Å². The van der Waals surface area contributed by atoms with Crippen LogP contribution in [0.4, 0.5) is 0 Å². The molecule has 1 heteroatoms. The molecule has 0 spiro atoms. The van der Waals surface area contributed by atoms with Gasteiger partial charge in [0.15, 0.2) is 0 Å². The number of rotatable bonds is 6. The number of hydrogen-bond donors (Lipinski definition) is 0. The second-order valence-electron chi connectivity index (χ2n) is 3.62. The Balaban J connectivity index is 2.75. The van der Waals surface area contributed by atoms with Crippen molar-refractivity contribution in [3.8, 4) is 0 Å². The second kappa shape index (κ2) is 6.83. The van der Waals surface area contributed by atoms with Crippen LogP contribution in [0.3, 0.4) is 0 Å². The normalized spacial score (nSPS) is 12.4. The Morgan fingerprint density at radius 1 is 1.07 bits per heavy atom. The first-order chi connectivity index (χ1) is 7.29. The highest BCUT2D eigenvalue weighted by Gasteiger charge is 2.17. The van der Waals surface area contributed by atoms with Crippen LogP contribution in [0.5, 0.6) is 0 Å². The van der Waals surface area contributed by atoms with Crippen LogP contribution in [-0.4, -0.2) is 0 Å². The average Bonchev–Trinajstić information content (AvgIpc) is 2.29. The molecule has 0 saturated heterocycles. The van der Waals surface area contributed by atoms with Gasteiger partial charge >= 0.3 is 0 Å². The van der Waals surface area contributed by atoms with E-state index >= 15 is 0 Å². The van der Waals surface area contributed by atoms with Gasteiger partial charge in [0.05, 0.1) is 0 Å². The Hall–Kier alpha value is -0.570. The van der Waals surface area contributed by atoms with Crippen molar-refractivity contribution in [1.29, 1.82) is 0 Å². The molecule has 1 aromatic rings. The smallest absolute Gasteiger partial charge is 0.0393 e. The maximum Gasteiger partial charge on any atom is 0.0393 e. The highest BCUT2D eigenvalue weighted by molar-refractivity contribution is 14.1. The van der Waals surface area contributed by atoms with Gasteiger partial charge in [-0.15, -0.1) is 13.2 Å². The molecule has 1 rings (SSSR count). The molecule has 0 aliphatic rings. The molecule has 1 atom stereocenters. The van der Waals surface area contributed by atoms with Gasteiger partial charge in [0.1, 0.15) is 0 Å². The third kappa shape index (κ3) is 3.82. The van der Waals surface area contributed by atoms with Crippen molar-refractivity contribution < 1.29 is 0 Å². The summed E-state index contributed by atoms with van der Waals surface area (Å²) in [4.78, 5) is 0. The highest BCUT2D eigenvalue weighted by atomic mass is 127. The Bertz CT molecular complexity index is 292. The minimum Gasteiger partial charge on any atom is -0.103 e. The Kier molecular flexibility index (Phi) is 5.69. The minimum absolute atomic E-state index is 0.541. The maximum atomic E-state index is 3.82. The van der Waals surface area contributed by atoms with Gasteiger partial charge in [-0.1, -0.05) is 65.1 Å². The first-order valence-corrected chi connectivity index (χ1v) is 6.45. The van der Waals surface area contributed by atoms with E-state index in [4.69, 9.17) is 0 Å². The molecule has 0 aromatic heterocycles. The van der Waals surface area contributed by atoms with Gasteiger partial charge in [0.2, 0.25) is 0 Å². The molecule has 0 aliphatic heterocycles. The third-order valence-corrected chi connectivity index (χ3v) is 4.21. The van der Waals surface area contributed by atoms with Gasteiger partial charge in [-0.3, -0.25) is 0 Å². The molecule has 0 nitrogen and oxygen atoms in total. The van der Waals surface area contributed by atoms with Crippen molar-refractivity contribution in [1.82, 2.24) is 0 Å². The zero-order valence-electron chi connectivity index (χ0n) is 8.90. The molecular formula is C14H17I. The van der Waals surface area contributed by atoms with E-state index in [1.165, 1.54) is 5.56 Å². The summed E-state index contributed by atoms with van der Waals surface area (Å²) in [5.41, 5.74) is 1.40.